The van der Waals surface area contributed by atoms with Gasteiger partial charge in [0.2, 0.25) is 0 Å². The molecule has 0 amide bonds. The van der Waals surface area contributed by atoms with Crippen LogP contribution in [0.25, 0.3) is 0 Å². The maximum atomic E-state index is 5.65. The second kappa shape index (κ2) is 5.41. The number of aromatic amines is 1. The Bertz CT molecular complexity index is 359. The molecule has 2 atom stereocenters. The van der Waals surface area contributed by atoms with Gasteiger partial charge in [0, 0.05) is 31.0 Å². The fourth-order valence-corrected chi connectivity index (χ4v) is 3.58. The Kier molecular flexibility index (Phi) is 4.07. The van der Waals surface area contributed by atoms with Crippen molar-refractivity contribution >= 4 is 0 Å². The highest BCUT2D eigenvalue weighted by molar-refractivity contribution is 5.07. The van der Waals surface area contributed by atoms with E-state index in [2.05, 4.69) is 35.8 Å². The Morgan fingerprint density at radius 1 is 1.50 bits per heavy atom. The molecular formula is C14H25N3O. The first-order valence-electron chi connectivity index (χ1n) is 6.89. The molecule has 0 unspecified atom stereocenters. The van der Waals surface area contributed by atoms with E-state index in [0.717, 1.165) is 18.8 Å². The van der Waals surface area contributed by atoms with Gasteiger partial charge in [-0.05, 0) is 26.3 Å². The summed E-state index contributed by atoms with van der Waals surface area (Å²) in [6, 6.07) is 0.600. The third kappa shape index (κ3) is 2.08. The number of aromatic nitrogens is 2. The van der Waals surface area contributed by atoms with Gasteiger partial charge in [-0.25, -0.2) is 4.98 Å². The largest absolute Gasteiger partial charge is 0.381 e. The molecule has 0 spiro atoms. The van der Waals surface area contributed by atoms with Gasteiger partial charge in [-0.15, -0.1) is 0 Å². The lowest BCUT2D eigenvalue weighted by molar-refractivity contribution is -0.158. The molecule has 18 heavy (non-hydrogen) atoms. The van der Waals surface area contributed by atoms with Crippen LogP contribution >= 0.6 is 0 Å². The lowest BCUT2D eigenvalue weighted by Gasteiger charge is -2.58. The summed E-state index contributed by atoms with van der Waals surface area (Å²) in [4.78, 5) is 9.90. The van der Waals surface area contributed by atoms with Crippen LogP contribution in [0.3, 0.4) is 0 Å². The number of imidazole rings is 1. The van der Waals surface area contributed by atoms with E-state index < -0.39 is 0 Å². The van der Waals surface area contributed by atoms with Crippen molar-refractivity contribution in [3.63, 3.8) is 0 Å². The van der Waals surface area contributed by atoms with Crippen LogP contribution in [0, 0.1) is 5.41 Å². The van der Waals surface area contributed by atoms with Crippen molar-refractivity contribution in [2.24, 2.45) is 5.41 Å². The predicted molar refractivity (Wildman–Crippen MR) is 72.3 cm³/mol. The maximum Gasteiger partial charge on any atom is 0.120 e. The zero-order chi connectivity index (χ0) is 13.2. The van der Waals surface area contributed by atoms with Gasteiger partial charge in [0.25, 0.3) is 0 Å². The van der Waals surface area contributed by atoms with Gasteiger partial charge in [0.15, 0.2) is 0 Å². The monoisotopic (exact) mass is 251 g/mol. The summed E-state index contributed by atoms with van der Waals surface area (Å²) in [6.45, 7) is 5.45. The van der Waals surface area contributed by atoms with Gasteiger partial charge in [-0.3, -0.25) is 4.90 Å². The number of nitrogens with one attached hydrogen (secondary N) is 1. The number of nitrogens with zero attached hydrogens (tertiary/aromatic N) is 2. The molecule has 1 saturated carbocycles. The molecule has 1 aromatic rings. The molecule has 0 aromatic carbocycles. The van der Waals surface area contributed by atoms with Gasteiger partial charge in [0.05, 0.1) is 12.6 Å². The topological polar surface area (TPSA) is 41.1 Å². The number of methoxy groups -OCH3 is 1. The lowest BCUT2D eigenvalue weighted by Crippen LogP contribution is -2.63. The Morgan fingerprint density at radius 3 is 2.72 bits per heavy atom. The third-order valence-electron chi connectivity index (χ3n) is 4.83. The molecule has 1 N–H and O–H groups in total. The Morgan fingerprint density at radius 2 is 2.22 bits per heavy atom. The average Bonchev–Trinajstić information content (AvgIpc) is 2.83. The Labute approximate surface area is 110 Å². The van der Waals surface area contributed by atoms with Crippen LogP contribution in [0.5, 0.6) is 0 Å². The fourth-order valence-electron chi connectivity index (χ4n) is 3.58. The van der Waals surface area contributed by atoms with Crippen LogP contribution in [-0.4, -0.2) is 41.2 Å². The summed E-state index contributed by atoms with van der Waals surface area (Å²) in [6.07, 6.45) is 7.60. The molecule has 1 aliphatic rings. The molecule has 4 nitrogen and oxygen atoms in total. The minimum absolute atomic E-state index is 0.316. The summed E-state index contributed by atoms with van der Waals surface area (Å²) in [5.41, 5.74) is 0.316. The van der Waals surface area contributed by atoms with Crippen LogP contribution in [0.1, 0.15) is 38.9 Å². The first-order chi connectivity index (χ1) is 8.67. The van der Waals surface area contributed by atoms with E-state index in [0.29, 0.717) is 17.6 Å². The zero-order valence-electron chi connectivity index (χ0n) is 11.9. The molecule has 4 heteroatoms. The van der Waals surface area contributed by atoms with Gasteiger partial charge < -0.3 is 9.72 Å². The first-order valence-corrected chi connectivity index (χ1v) is 6.89. The van der Waals surface area contributed by atoms with Crippen LogP contribution in [0.15, 0.2) is 12.4 Å². The number of ether oxygens (including phenoxy) is 1. The quantitative estimate of drug-likeness (QED) is 0.844. The van der Waals surface area contributed by atoms with Crippen molar-refractivity contribution in [1.29, 1.82) is 0 Å². The van der Waals surface area contributed by atoms with Crippen molar-refractivity contribution in [1.82, 2.24) is 14.9 Å². The van der Waals surface area contributed by atoms with E-state index in [1.54, 1.807) is 0 Å². The second-order valence-electron chi connectivity index (χ2n) is 5.37. The highest BCUT2D eigenvalue weighted by atomic mass is 16.5. The van der Waals surface area contributed by atoms with E-state index in [9.17, 15) is 0 Å². The summed E-state index contributed by atoms with van der Waals surface area (Å²) < 4.78 is 5.65. The van der Waals surface area contributed by atoms with Crippen LogP contribution < -0.4 is 0 Å². The highest BCUT2D eigenvalue weighted by Gasteiger charge is 2.54. The molecule has 0 saturated heterocycles. The molecule has 1 heterocycles. The van der Waals surface area contributed by atoms with Crippen molar-refractivity contribution < 1.29 is 4.74 Å². The number of rotatable bonds is 6. The van der Waals surface area contributed by atoms with Crippen molar-refractivity contribution in [2.45, 2.75) is 51.8 Å². The van der Waals surface area contributed by atoms with Gasteiger partial charge >= 0.3 is 0 Å². The number of H-pyrrole nitrogens is 1. The van der Waals surface area contributed by atoms with E-state index in [1.807, 2.05) is 19.5 Å². The third-order valence-corrected chi connectivity index (χ3v) is 4.83. The van der Waals surface area contributed by atoms with Crippen LogP contribution in [0.2, 0.25) is 0 Å². The van der Waals surface area contributed by atoms with Crippen LogP contribution in [0.4, 0.5) is 0 Å². The molecule has 0 radical (unpaired) electrons. The van der Waals surface area contributed by atoms with E-state index in [-0.39, 0.29) is 0 Å². The predicted octanol–water partition coefficient (Wildman–Crippen LogP) is 2.44. The zero-order valence-corrected chi connectivity index (χ0v) is 11.9. The summed E-state index contributed by atoms with van der Waals surface area (Å²) in [5.74, 6) is 1.04. The molecule has 0 bridgehead atoms. The van der Waals surface area contributed by atoms with Crippen LogP contribution in [-0.2, 0) is 11.3 Å². The molecule has 1 aliphatic carbocycles. The molecule has 1 fully saturated rings. The average molecular weight is 251 g/mol. The molecule has 2 rings (SSSR count). The number of hydrogen-bond donors (Lipinski definition) is 1. The Balaban J connectivity index is 2.04. The van der Waals surface area contributed by atoms with E-state index in [1.165, 1.54) is 12.8 Å². The van der Waals surface area contributed by atoms with Gasteiger partial charge in [0.1, 0.15) is 5.82 Å². The van der Waals surface area contributed by atoms with Gasteiger partial charge in [-0.1, -0.05) is 13.8 Å². The molecule has 102 valence electrons. The lowest BCUT2D eigenvalue weighted by atomic mass is 9.58. The van der Waals surface area contributed by atoms with Crippen molar-refractivity contribution in [3.8, 4) is 0 Å². The van der Waals surface area contributed by atoms with Crippen molar-refractivity contribution in [2.75, 3.05) is 14.2 Å². The maximum absolute atomic E-state index is 5.65. The normalized spacial score (nSPS) is 26.3. The van der Waals surface area contributed by atoms with Gasteiger partial charge in [-0.2, -0.15) is 0 Å². The summed E-state index contributed by atoms with van der Waals surface area (Å²) in [7, 11) is 4.03. The molecule has 1 aromatic heterocycles. The fraction of sp³-hybridized carbons (Fsp3) is 0.786. The summed E-state index contributed by atoms with van der Waals surface area (Å²) in [5, 5.41) is 0. The number of hydrogen-bond acceptors (Lipinski definition) is 3. The SMILES string of the molecule is CCC1(CC)[C@@H](OC)C[C@H]1N(C)Cc1ncc[nH]1. The molecule has 0 aliphatic heterocycles. The molecular weight excluding hydrogens is 226 g/mol. The highest BCUT2D eigenvalue weighted by Crippen LogP contribution is 2.50. The van der Waals surface area contributed by atoms with E-state index in [4.69, 9.17) is 4.74 Å². The second-order valence-corrected chi connectivity index (χ2v) is 5.37. The summed E-state index contributed by atoms with van der Waals surface area (Å²) >= 11 is 0. The Hall–Kier alpha value is -0.870. The van der Waals surface area contributed by atoms with E-state index >= 15 is 0 Å². The standard InChI is InChI=1S/C14H25N3O/c1-5-14(6-2)11(9-12(14)18-4)17(3)10-13-15-7-8-16-13/h7-8,11-12H,5-6,9-10H2,1-4H3,(H,15,16)/t11-,12+/m1/s1. The smallest absolute Gasteiger partial charge is 0.120 e. The van der Waals surface area contributed by atoms with Crippen molar-refractivity contribution in [3.05, 3.63) is 18.2 Å². The minimum Gasteiger partial charge on any atom is -0.381 e. The minimum atomic E-state index is 0.316. The first kappa shape index (κ1) is 13.6.